The van der Waals surface area contributed by atoms with Crippen molar-refractivity contribution >= 4 is 23.2 Å². The molecule has 0 aliphatic heterocycles. The standard InChI is InChI=1S/C11H15ClN2O2/c1-2-3-9(13)11(16)14-7-4-5-10(15)8(12)6-7/h4-6,9,15H,2-3,13H2,1H3,(H,14,16)/t9-/m1/s1. The van der Waals surface area contributed by atoms with Gasteiger partial charge in [-0.05, 0) is 24.6 Å². The van der Waals surface area contributed by atoms with E-state index in [1.165, 1.54) is 12.1 Å². The Morgan fingerprint density at radius 1 is 1.62 bits per heavy atom. The predicted octanol–water partition coefficient (Wildman–Crippen LogP) is 2.11. The minimum atomic E-state index is -0.516. The summed E-state index contributed by atoms with van der Waals surface area (Å²) in [7, 11) is 0. The highest BCUT2D eigenvalue weighted by Gasteiger charge is 2.12. The Morgan fingerprint density at radius 3 is 2.88 bits per heavy atom. The zero-order valence-electron chi connectivity index (χ0n) is 9.03. The maximum atomic E-state index is 11.6. The van der Waals surface area contributed by atoms with Crippen molar-refractivity contribution in [2.24, 2.45) is 5.73 Å². The second-order valence-electron chi connectivity index (χ2n) is 3.55. The monoisotopic (exact) mass is 242 g/mol. The van der Waals surface area contributed by atoms with E-state index in [2.05, 4.69) is 5.32 Å². The van der Waals surface area contributed by atoms with Crippen LogP contribution in [0.5, 0.6) is 5.75 Å². The van der Waals surface area contributed by atoms with Gasteiger partial charge in [0.1, 0.15) is 5.75 Å². The van der Waals surface area contributed by atoms with Crippen molar-refractivity contribution in [2.45, 2.75) is 25.8 Å². The lowest BCUT2D eigenvalue weighted by atomic mass is 10.1. The zero-order valence-corrected chi connectivity index (χ0v) is 9.79. The molecule has 0 spiro atoms. The molecule has 16 heavy (non-hydrogen) atoms. The lowest BCUT2D eigenvalue weighted by Crippen LogP contribution is -2.35. The number of benzene rings is 1. The first-order chi connectivity index (χ1) is 7.54. The van der Waals surface area contributed by atoms with Crippen LogP contribution in [0.4, 0.5) is 5.69 Å². The van der Waals surface area contributed by atoms with Crippen LogP contribution in [0, 0.1) is 0 Å². The molecular formula is C11H15ClN2O2. The Morgan fingerprint density at radius 2 is 2.31 bits per heavy atom. The van der Waals surface area contributed by atoms with Gasteiger partial charge >= 0.3 is 0 Å². The van der Waals surface area contributed by atoms with Crippen LogP contribution in [0.2, 0.25) is 5.02 Å². The predicted molar refractivity (Wildman–Crippen MR) is 64.6 cm³/mol. The van der Waals surface area contributed by atoms with Crippen LogP contribution < -0.4 is 11.1 Å². The number of halogens is 1. The summed E-state index contributed by atoms with van der Waals surface area (Å²) in [6.45, 7) is 1.96. The van der Waals surface area contributed by atoms with Crippen molar-refractivity contribution in [3.8, 4) is 5.75 Å². The highest BCUT2D eigenvalue weighted by molar-refractivity contribution is 6.32. The molecule has 0 heterocycles. The largest absolute Gasteiger partial charge is 0.506 e. The van der Waals surface area contributed by atoms with Gasteiger partial charge in [0.25, 0.3) is 0 Å². The van der Waals surface area contributed by atoms with Crippen LogP contribution in [0.3, 0.4) is 0 Å². The first kappa shape index (κ1) is 12.8. The van der Waals surface area contributed by atoms with Gasteiger partial charge in [0.2, 0.25) is 5.91 Å². The van der Waals surface area contributed by atoms with Gasteiger partial charge in [-0.2, -0.15) is 0 Å². The van der Waals surface area contributed by atoms with Crippen LogP contribution >= 0.6 is 11.6 Å². The molecule has 0 unspecified atom stereocenters. The van der Waals surface area contributed by atoms with E-state index in [0.29, 0.717) is 12.1 Å². The molecule has 0 bridgehead atoms. The molecule has 1 aromatic carbocycles. The topological polar surface area (TPSA) is 75.4 Å². The second-order valence-corrected chi connectivity index (χ2v) is 3.96. The van der Waals surface area contributed by atoms with Crippen LogP contribution in [0.25, 0.3) is 0 Å². The molecule has 4 N–H and O–H groups in total. The Balaban J connectivity index is 2.66. The van der Waals surface area contributed by atoms with Gasteiger partial charge in [-0.25, -0.2) is 0 Å². The summed E-state index contributed by atoms with van der Waals surface area (Å²) in [6.07, 6.45) is 1.49. The number of anilines is 1. The van der Waals surface area contributed by atoms with Gasteiger partial charge in [0.05, 0.1) is 11.1 Å². The van der Waals surface area contributed by atoms with Crippen molar-refractivity contribution in [1.82, 2.24) is 0 Å². The van der Waals surface area contributed by atoms with Gasteiger partial charge < -0.3 is 16.2 Å². The third-order valence-corrected chi connectivity index (χ3v) is 2.45. The van der Waals surface area contributed by atoms with E-state index >= 15 is 0 Å². The molecule has 5 heteroatoms. The average Bonchev–Trinajstić information content (AvgIpc) is 2.24. The molecular weight excluding hydrogens is 228 g/mol. The van der Waals surface area contributed by atoms with Crippen molar-refractivity contribution in [3.63, 3.8) is 0 Å². The third kappa shape index (κ3) is 3.40. The molecule has 1 amide bonds. The smallest absolute Gasteiger partial charge is 0.241 e. The van der Waals surface area contributed by atoms with Gasteiger partial charge in [-0.1, -0.05) is 24.9 Å². The highest BCUT2D eigenvalue weighted by Crippen LogP contribution is 2.26. The van der Waals surface area contributed by atoms with Crippen molar-refractivity contribution in [1.29, 1.82) is 0 Å². The Labute approximate surface area is 99.4 Å². The summed E-state index contributed by atoms with van der Waals surface area (Å²) in [6, 6.07) is 3.95. The van der Waals surface area contributed by atoms with Gasteiger partial charge in [-0.15, -0.1) is 0 Å². The Bertz CT molecular complexity index is 382. The van der Waals surface area contributed by atoms with E-state index in [4.69, 9.17) is 17.3 Å². The number of phenols is 1. The molecule has 1 rings (SSSR count). The molecule has 0 radical (unpaired) electrons. The number of phenolic OH excluding ortho intramolecular Hbond substituents is 1. The number of nitrogens with two attached hydrogens (primary N) is 1. The fourth-order valence-electron chi connectivity index (χ4n) is 1.26. The maximum Gasteiger partial charge on any atom is 0.241 e. The maximum absolute atomic E-state index is 11.6. The number of carbonyl (C=O) groups excluding carboxylic acids is 1. The quantitative estimate of drug-likeness (QED) is 0.708. The number of aromatic hydroxyl groups is 1. The van der Waals surface area contributed by atoms with E-state index in [1.54, 1.807) is 6.07 Å². The molecule has 0 aromatic heterocycles. The van der Waals surface area contributed by atoms with Crippen molar-refractivity contribution in [2.75, 3.05) is 5.32 Å². The van der Waals surface area contributed by atoms with E-state index in [9.17, 15) is 9.90 Å². The fraction of sp³-hybridized carbons (Fsp3) is 0.364. The molecule has 88 valence electrons. The fourth-order valence-corrected chi connectivity index (χ4v) is 1.44. The summed E-state index contributed by atoms with van der Waals surface area (Å²) in [5.41, 5.74) is 6.18. The summed E-state index contributed by atoms with van der Waals surface area (Å²) in [4.78, 5) is 11.6. The van der Waals surface area contributed by atoms with Crippen molar-refractivity contribution in [3.05, 3.63) is 23.2 Å². The highest BCUT2D eigenvalue weighted by atomic mass is 35.5. The van der Waals surface area contributed by atoms with E-state index in [-0.39, 0.29) is 16.7 Å². The Kier molecular flexibility index (Phi) is 4.58. The van der Waals surface area contributed by atoms with Crippen LogP contribution in [0.15, 0.2) is 18.2 Å². The van der Waals surface area contributed by atoms with Crippen LogP contribution in [0.1, 0.15) is 19.8 Å². The number of hydrogen-bond donors (Lipinski definition) is 3. The molecule has 0 saturated heterocycles. The number of hydrogen-bond acceptors (Lipinski definition) is 3. The third-order valence-electron chi connectivity index (χ3n) is 2.15. The molecule has 4 nitrogen and oxygen atoms in total. The van der Waals surface area contributed by atoms with Gasteiger partial charge in [0.15, 0.2) is 0 Å². The summed E-state index contributed by atoms with van der Waals surface area (Å²) >= 11 is 5.71. The summed E-state index contributed by atoms with van der Waals surface area (Å²) < 4.78 is 0. The van der Waals surface area contributed by atoms with Crippen LogP contribution in [-0.4, -0.2) is 17.1 Å². The molecule has 0 aliphatic carbocycles. The summed E-state index contributed by atoms with van der Waals surface area (Å²) in [5, 5.41) is 12.0. The lowest BCUT2D eigenvalue weighted by molar-refractivity contribution is -0.117. The summed E-state index contributed by atoms with van der Waals surface area (Å²) in [5.74, 6) is -0.263. The second kappa shape index (κ2) is 5.72. The number of amides is 1. The van der Waals surface area contributed by atoms with Crippen LogP contribution in [-0.2, 0) is 4.79 Å². The molecule has 0 fully saturated rings. The number of nitrogens with one attached hydrogen (secondary N) is 1. The first-order valence-corrected chi connectivity index (χ1v) is 5.47. The SMILES string of the molecule is CCC[C@@H](N)C(=O)Nc1ccc(O)c(Cl)c1. The minimum absolute atomic E-state index is 0.0162. The normalized spacial score (nSPS) is 12.2. The average molecular weight is 243 g/mol. The molecule has 0 aliphatic rings. The Hall–Kier alpha value is -1.26. The first-order valence-electron chi connectivity index (χ1n) is 5.09. The number of carbonyl (C=O) groups is 1. The van der Waals surface area contributed by atoms with E-state index in [0.717, 1.165) is 6.42 Å². The van der Waals surface area contributed by atoms with Gasteiger partial charge in [0, 0.05) is 5.69 Å². The lowest BCUT2D eigenvalue weighted by Gasteiger charge is -2.11. The van der Waals surface area contributed by atoms with Gasteiger partial charge in [-0.3, -0.25) is 4.79 Å². The molecule has 0 saturated carbocycles. The van der Waals surface area contributed by atoms with Crippen molar-refractivity contribution < 1.29 is 9.90 Å². The number of rotatable bonds is 4. The van der Waals surface area contributed by atoms with E-state index in [1.807, 2.05) is 6.92 Å². The zero-order chi connectivity index (χ0) is 12.1. The minimum Gasteiger partial charge on any atom is -0.506 e. The molecule has 1 aromatic rings. The van der Waals surface area contributed by atoms with E-state index < -0.39 is 6.04 Å². The molecule has 1 atom stereocenters.